The maximum atomic E-state index is 6.64. The lowest BCUT2D eigenvalue weighted by atomic mass is 9.70. The first-order valence-corrected chi connectivity index (χ1v) is 23.4. The van der Waals surface area contributed by atoms with Gasteiger partial charge in [-0.05, 0) is 103 Å². The summed E-state index contributed by atoms with van der Waals surface area (Å²) in [5, 5.41) is 6.79. The molecule has 2 aliphatic carbocycles. The second-order valence-corrected chi connectivity index (χ2v) is 18.2. The first kappa shape index (κ1) is 37.3. The number of hydrogen-bond donors (Lipinski definition) is 0. The quantitative estimate of drug-likeness (QED) is 0.173. The molecule has 0 bridgehead atoms. The zero-order valence-corrected chi connectivity index (χ0v) is 36.8. The highest BCUT2D eigenvalue weighted by Crippen LogP contribution is 2.63. The molecule has 15 rings (SSSR count). The van der Waals surface area contributed by atoms with E-state index in [0.29, 0.717) is 0 Å². The third-order valence-corrected chi connectivity index (χ3v) is 14.9. The fourth-order valence-electron chi connectivity index (χ4n) is 12.1. The van der Waals surface area contributed by atoms with Crippen LogP contribution in [0.15, 0.2) is 245 Å². The Morgan fingerprint density at radius 2 is 0.721 bits per heavy atom. The Morgan fingerprint density at radius 1 is 0.279 bits per heavy atom. The summed E-state index contributed by atoms with van der Waals surface area (Å²) >= 11 is 0. The van der Waals surface area contributed by atoms with Crippen LogP contribution in [-0.2, 0) is 5.41 Å². The number of fused-ring (bicyclic) bond motifs is 17. The van der Waals surface area contributed by atoms with Gasteiger partial charge >= 0.3 is 0 Å². The van der Waals surface area contributed by atoms with E-state index in [1.54, 1.807) is 0 Å². The lowest BCUT2D eigenvalue weighted by Gasteiger charge is -2.32. The van der Waals surface area contributed by atoms with Crippen LogP contribution in [0.4, 0.5) is 17.1 Å². The van der Waals surface area contributed by atoms with Gasteiger partial charge in [-0.15, -0.1) is 0 Å². The zero-order chi connectivity index (χ0) is 44.5. The number of rotatable bonds is 5. The van der Waals surface area contributed by atoms with Crippen LogP contribution in [0.25, 0.3) is 99.2 Å². The molecule has 0 saturated carbocycles. The lowest BCUT2D eigenvalue weighted by Crippen LogP contribution is -2.26. The third-order valence-electron chi connectivity index (χ3n) is 14.9. The van der Waals surface area contributed by atoms with Crippen molar-refractivity contribution in [3.05, 3.63) is 259 Å². The Hall–Kier alpha value is -8.92. The van der Waals surface area contributed by atoms with Crippen LogP contribution < -0.4 is 4.90 Å². The van der Waals surface area contributed by atoms with Gasteiger partial charge in [-0.2, -0.15) is 0 Å². The van der Waals surface area contributed by atoms with Gasteiger partial charge in [0.2, 0.25) is 0 Å². The van der Waals surface area contributed by atoms with Crippen molar-refractivity contribution in [1.29, 1.82) is 0 Å². The SMILES string of the molecule is c1ccc2c(c1)-c1ccccc1C21c2ccccc2-c2ccc(N(c3ccc(-c4cccc5c4oc4ccccc45)cc3)c3ccc(-c4cccc5c4oc4ccccc45)c4ccccc34)cc21. The van der Waals surface area contributed by atoms with E-state index in [-0.39, 0.29) is 0 Å². The third kappa shape index (κ3) is 5.02. The summed E-state index contributed by atoms with van der Waals surface area (Å²) in [5.74, 6) is 0. The van der Waals surface area contributed by atoms with Gasteiger partial charge in [0, 0.05) is 49.4 Å². The summed E-state index contributed by atoms with van der Waals surface area (Å²) in [6.07, 6.45) is 0. The van der Waals surface area contributed by atoms with Gasteiger partial charge in [0.25, 0.3) is 0 Å². The molecule has 0 amide bonds. The molecule has 68 heavy (non-hydrogen) atoms. The van der Waals surface area contributed by atoms with Gasteiger partial charge in [-0.25, -0.2) is 0 Å². The maximum absolute atomic E-state index is 6.64. The van der Waals surface area contributed by atoms with Crippen LogP contribution in [0.2, 0.25) is 0 Å². The number of hydrogen-bond acceptors (Lipinski definition) is 3. The fraction of sp³-hybridized carbons (Fsp3) is 0.0154. The van der Waals surface area contributed by atoms with Gasteiger partial charge in [0.05, 0.1) is 11.1 Å². The van der Waals surface area contributed by atoms with Crippen molar-refractivity contribution in [3.63, 3.8) is 0 Å². The Labute approximate surface area is 392 Å². The minimum absolute atomic E-state index is 0.479. The zero-order valence-electron chi connectivity index (χ0n) is 36.8. The average Bonchev–Trinajstić information content (AvgIpc) is 4.15. The molecule has 2 aromatic heterocycles. The lowest BCUT2D eigenvalue weighted by molar-refractivity contribution is 0.669. The van der Waals surface area contributed by atoms with E-state index in [4.69, 9.17) is 8.83 Å². The molecule has 0 aliphatic heterocycles. The smallest absolute Gasteiger partial charge is 0.143 e. The Morgan fingerprint density at radius 3 is 1.34 bits per heavy atom. The standard InChI is InChI=1S/C65H39NO2/c1-2-19-50-44(15-1)45(53-23-14-25-55-52-21-7-12-30-62(52)68-64(53)55)37-38-60(50)66(41-33-31-40(32-34-41)43-22-13-24-54-51-20-6-11-29-61(51)67-63(43)54)42-35-36-49-48-18-5-10-28-58(48)65(59(49)39-42)56-26-8-3-16-46(56)47-17-4-9-27-57(47)65/h1-39H. The topological polar surface area (TPSA) is 29.5 Å². The highest BCUT2D eigenvalue weighted by Gasteiger charge is 2.51. The number of para-hydroxylation sites is 4. The normalized spacial score (nSPS) is 13.1. The van der Waals surface area contributed by atoms with Crippen molar-refractivity contribution >= 4 is 71.7 Å². The van der Waals surface area contributed by atoms with Gasteiger partial charge < -0.3 is 13.7 Å². The van der Waals surface area contributed by atoms with Crippen LogP contribution in [-0.4, -0.2) is 0 Å². The van der Waals surface area contributed by atoms with E-state index < -0.39 is 5.41 Å². The molecule has 11 aromatic carbocycles. The molecular formula is C65H39NO2. The minimum Gasteiger partial charge on any atom is -0.455 e. The van der Waals surface area contributed by atoms with Gasteiger partial charge in [-0.3, -0.25) is 0 Å². The molecule has 0 atom stereocenters. The molecule has 13 aromatic rings. The van der Waals surface area contributed by atoms with E-state index >= 15 is 0 Å². The van der Waals surface area contributed by atoms with Crippen molar-refractivity contribution in [1.82, 2.24) is 0 Å². The molecule has 3 heteroatoms. The summed E-state index contributed by atoms with van der Waals surface area (Å²) in [6, 6.07) is 86.3. The molecule has 0 N–H and O–H groups in total. The van der Waals surface area contributed by atoms with Crippen LogP contribution >= 0.6 is 0 Å². The molecule has 2 aliphatic rings. The first-order chi connectivity index (χ1) is 33.7. The van der Waals surface area contributed by atoms with E-state index in [1.165, 1.54) is 44.5 Å². The van der Waals surface area contributed by atoms with Crippen molar-refractivity contribution in [2.24, 2.45) is 0 Å². The number of anilines is 3. The molecule has 0 fully saturated rings. The van der Waals surface area contributed by atoms with Crippen molar-refractivity contribution in [2.75, 3.05) is 4.90 Å². The highest BCUT2D eigenvalue weighted by molar-refractivity contribution is 6.14. The van der Waals surface area contributed by atoms with Crippen LogP contribution in [0.5, 0.6) is 0 Å². The summed E-state index contributed by atoms with van der Waals surface area (Å²) in [4.78, 5) is 2.46. The molecule has 0 radical (unpaired) electrons. The van der Waals surface area contributed by atoms with E-state index in [2.05, 4.69) is 229 Å². The Balaban J connectivity index is 0.967. The van der Waals surface area contributed by atoms with E-state index in [0.717, 1.165) is 94.0 Å². The van der Waals surface area contributed by atoms with Crippen LogP contribution in [0.1, 0.15) is 22.3 Å². The number of nitrogens with zero attached hydrogens (tertiary/aromatic N) is 1. The second-order valence-electron chi connectivity index (χ2n) is 18.2. The van der Waals surface area contributed by atoms with Crippen LogP contribution in [0, 0.1) is 0 Å². The predicted octanol–water partition coefficient (Wildman–Crippen LogP) is 17.8. The minimum atomic E-state index is -0.479. The molecule has 0 unspecified atom stereocenters. The summed E-state index contributed by atoms with van der Waals surface area (Å²) in [7, 11) is 0. The van der Waals surface area contributed by atoms with E-state index in [1.807, 2.05) is 12.1 Å². The highest BCUT2D eigenvalue weighted by atomic mass is 16.3. The number of benzene rings is 11. The Kier molecular flexibility index (Phi) is 7.71. The Bertz CT molecular complexity index is 4160. The predicted molar refractivity (Wildman–Crippen MR) is 280 cm³/mol. The molecule has 316 valence electrons. The van der Waals surface area contributed by atoms with Crippen molar-refractivity contribution in [2.45, 2.75) is 5.41 Å². The van der Waals surface area contributed by atoms with Crippen molar-refractivity contribution in [3.8, 4) is 44.5 Å². The molecule has 2 heterocycles. The summed E-state index contributed by atoms with van der Waals surface area (Å²) in [5.41, 5.74) is 21.1. The van der Waals surface area contributed by atoms with Gasteiger partial charge in [-0.1, -0.05) is 194 Å². The average molecular weight is 866 g/mol. The molecule has 3 nitrogen and oxygen atoms in total. The largest absolute Gasteiger partial charge is 0.455 e. The van der Waals surface area contributed by atoms with Gasteiger partial charge in [0.1, 0.15) is 22.3 Å². The molecule has 0 saturated heterocycles. The summed E-state index contributed by atoms with van der Waals surface area (Å²) < 4.78 is 13.2. The van der Waals surface area contributed by atoms with Gasteiger partial charge in [0.15, 0.2) is 0 Å². The fourth-order valence-corrected chi connectivity index (χ4v) is 12.1. The molecule has 1 spiro atoms. The number of furan rings is 2. The van der Waals surface area contributed by atoms with Crippen LogP contribution in [0.3, 0.4) is 0 Å². The summed E-state index contributed by atoms with van der Waals surface area (Å²) in [6.45, 7) is 0. The molecular weight excluding hydrogens is 827 g/mol. The monoisotopic (exact) mass is 865 g/mol. The maximum Gasteiger partial charge on any atom is 0.143 e. The van der Waals surface area contributed by atoms with Crippen molar-refractivity contribution < 1.29 is 8.83 Å². The first-order valence-electron chi connectivity index (χ1n) is 23.4. The van der Waals surface area contributed by atoms with E-state index in [9.17, 15) is 0 Å². The second kappa shape index (κ2) is 14.0.